The molecule has 2 aromatic carbocycles. The van der Waals surface area contributed by atoms with Crippen LogP contribution in [0, 0.1) is 0 Å². The first-order valence-corrected chi connectivity index (χ1v) is 6.31. The van der Waals surface area contributed by atoms with E-state index in [0.29, 0.717) is 0 Å². The van der Waals surface area contributed by atoms with Crippen LogP contribution in [0.3, 0.4) is 0 Å². The maximum absolute atomic E-state index is 3.69. The summed E-state index contributed by atoms with van der Waals surface area (Å²) in [5.74, 6) is 0. The van der Waals surface area contributed by atoms with Crippen molar-refractivity contribution in [2.75, 3.05) is 5.32 Å². The SMILES string of the molecule is C=CNc1ccc2ccc(-c3cccn3C)cc2c1. The second kappa shape index (κ2) is 4.65. The molecule has 0 aliphatic rings. The molecule has 1 aromatic heterocycles. The Morgan fingerprint density at radius 2 is 1.89 bits per heavy atom. The molecule has 0 spiro atoms. The standard InChI is InChI=1S/C17H16N2/c1-3-18-16-9-8-13-6-7-14(11-15(13)12-16)17-5-4-10-19(17)2/h3-12,18H,1H2,2H3. The van der Waals surface area contributed by atoms with E-state index in [1.807, 2.05) is 0 Å². The van der Waals surface area contributed by atoms with E-state index in [2.05, 4.69) is 78.2 Å². The minimum Gasteiger partial charge on any atom is -0.362 e. The van der Waals surface area contributed by atoms with Crippen molar-refractivity contribution in [2.45, 2.75) is 0 Å². The highest BCUT2D eigenvalue weighted by Crippen LogP contribution is 2.26. The van der Waals surface area contributed by atoms with E-state index in [1.54, 1.807) is 6.20 Å². The molecule has 94 valence electrons. The summed E-state index contributed by atoms with van der Waals surface area (Å²) in [6.07, 6.45) is 3.76. The van der Waals surface area contributed by atoms with Gasteiger partial charge in [0.05, 0.1) is 0 Å². The molecule has 0 unspecified atom stereocenters. The van der Waals surface area contributed by atoms with Crippen LogP contribution in [0.2, 0.25) is 0 Å². The normalized spacial score (nSPS) is 10.6. The lowest BCUT2D eigenvalue weighted by atomic mass is 10.0. The predicted molar refractivity (Wildman–Crippen MR) is 82.2 cm³/mol. The van der Waals surface area contributed by atoms with Gasteiger partial charge < -0.3 is 9.88 Å². The summed E-state index contributed by atoms with van der Waals surface area (Å²) in [6.45, 7) is 3.69. The van der Waals surface area contributed by atoms with Gasteiger partial charge in [0.1, 0.15) is 0 Å². The molecule has 0 fully saturated rings. The minimum absolute atomic E-state index is 1.06. The summed E-state index contributed by atoms with van der Waals surface area (Å²) >= 11 is 0. The highest BCUT2D eigenvalue weighted by atomic mass is 14.9. The molecule has 0 bridgehead atoms. The first-order chi connectivity index (χ1) is 9.28. The predicted octanol–water partition coefficient (Wildman–Crippen LogP) is 4.40. The molecule has 3 aromatic rings. The molecule has 0 saturated carbocycles. The molecule has 0 aliphatic heterocycles. The monoisotopic (exact) mass is 248 g/mol. The second-order valence-electron chi connectivity index (χ2n) is 4.63. The van der Waals surface area contributed by atoms with Crippen molar-refractivity contribution in [3.63, 3.8) is 0 Å². The Balaban J connectivity index is 2.13. The molecule has 0 radical (unpaired) electrons. The maximum Gasteiger partial charge on any atom is 0.0477 e. The summed E-state index contributed by atoms with van der Waals surface area (Å²) < 4.78 is 2.13. The van der Waals surface area contributed by atoms with Crippen LogP contribution in [0.15, 0.2) is 67.5 Å². The van der Waals surface area contributed by atoms with Gasteiger partial charge >= 0.3 is 0 Å². The molecule has 19 heavy (non-hydrogen) atoms. The molecule has 1 N–H and O–H groups in total. The Morgan fingerprint density at radius 1 is 1.05 bits per heavy atom. The fourth-order valence-electron chi connectivity index (χ4n) is 2.37. The van der Waals surface area contributed by atoms with Gasteiger partial charge in [-0.3, -0.25) is 0 Å². The van der Waals surface area contributed by atoms with E-state index in [9.17, 15) is 0 Å². The highest BCUT2D eigenvalue weighted by molar-refractivity contribution is 5.89. The van der Waals surface area contributed by atoms with Crippen LogP contribution in [0.25, 0.3) is 22.0 Å². The lowest BCUT2D eigenvalue weighted by molar-refractivity contribution is 0.937. The topological polar surface area (TPSA) is 17.0 Å². The maximum atomic E-state index is 3.69. The van der Waals surface area contributed by atoms with Gasteiger partial charge in [-0.1, -0.05) is 24.8 Å². The number of aryl methyl sites for hydroxylation is 1. The molecule has 3 rings (SSSR count). The van der Waals surface area contributed by atoms with Crippen molar-refractivity contribution in [1.29, 1.82) is 0 Å². The van der Waals surface area contributed by atoms with E-state index in [0.717, 1.165) is 5.69 Å². The average Bonchev–Trinajstić information content (AvgIpc) is 2.84. The van der Waals surface area contributed by atoms with Crippen molar-refractivity contribution in [2.24, 2.45) is 7.05 Å². The summed E-state index contributed by atoms with van der Waals surface area (Å²) in [5, 5.41) is 5.59. The summed E-state index contributed by atoms with van der Waals surface area (Å²) in [5.41, 5.74) is 3.52. The van der Waals surface area contributed by atoms with E-state index in [4.69, 9.17) is 0 Å². The van der Waals surface area contributed by atoms with Crippen LogP contribution in [-0.2, 0) is 7.05 Å². The Hall–Kier alpha value is -2.48. The van der Waals surface area contributed by atoms with Crippen LogP contribution in [0.1, 0.15) is 0 Å². The highest BCUT2D eigenvalue weighted by Gasteiger charge is 2.03. The van der Waals surface area contributed by atoms with Crippen LogP contribution < -0.4 is 5.32 Å². The lowest BCUT2D eigenvalue weighted by Gasteiger charge is -2.07. The number of benzene rings is 2. The van der Waals surface area contributed by atoms with Crippen molar-refractivity contribution in [1.82, 2.24) is 4.57 Å². The lowest BCUT2D eigenvalue weighted by Crippen LogP contribution is -1.90. The van der Waals surface area contributed by atoms with Crippen LogP contribution in [0.4, 0.5) is 5.69 Å². The number of hydrogen-bond acceptors (Lipinski definition) is 1. The van der Waals surface area contributed by atoms with E-state index in [1.165, 1.54) is 22.0 Å². The first-order valence-electron chi connectivity index (χ1n) is 6.31. The average molecular weight is 248 g/mol. The third-order valence-electron chi connectivity index (χ3n) is 3.35. The third kappa shape index (κ3) is 2.13. The quantitative estimate of drug-likeness (QED) is 0.727. The van der Waals surface area contributed by atoms with Crippen LogP contribution in [-0.4, -0.2) is 4.57 Å². The summed E-state index contributed by atoms with van der Waals surface area (Å²) in [6, 6.07) is 17.1. The summed E-state index contributed by atoms with van der Waals surface area (Å²) in [4.78, 5) is 0. The van der Waals surface area contributed by atoms with E-state index >= 15 is 0 Å². The minimum atomic E-state index is 1.06. The summed E-state index contributed by atoms with van der Waals surface area (Å²) in [7, 11) is 2.06. The van der Waals surface area contributed by atoms with Gasteiger partial charge in [-0.05, 0) is 52.9 Å². The zero-order valence-corrected chi connectivity index (χ0v) is 10.9. The molecule has 2 nitrogen and oxygen atoms in total. The van der Waals surface area contributed by atoms with E-state index < -0.39 is 0 Å². The Labute approximate surface area is 113 Å². The molecule has 1 heterocycles. The number of rotatable bonds is 3. The second-order valence-corrected chi connectivity index (χ2v) is 4.63. The Kier molecular flexibility index (Phi) is 2.84. The number of nitrogens with one attached hydrogen (secondary N) is 1. The van der Waals surface area contributed by atoms with Gasteiger partial charge in [0.2, 0.25) is 0 Å². The fourth-order valence-corrected chi connectivity index (χ4v) is 2.37. The van der Waals surface area contributed by atoms with Crippen molar-refractivity contribution in [3.8, 4) is 11.3 Å². The van der Waals surface area contributed by atoms with Gasteiger partial charge in [0.15, 0.2) is 0 Å². The molecule has 0 aliphatic carbocycles. The first kappa shape index (κ1) is 11.6. The Bertz CT molecular complexity index is 738. The van der Waals surface area contributed by atoms with Crippen LogP contribution >= 0.6 is 0 Å². The smallest absolute Gasteiger partial charge is 0.0477 e. The molecule has 0 saturated heterocycles. The molecular formula is C17H16N2. The number of aromatic nitrogens is 1. The van der Waals surface area contributed by atoms with Crippen molar-refractivity contribution < 1.29 is 0 Å². The number of fused-ring (bicyclic) bond motifs is 1. The van der Waals surface area contributed by atoms with Gasteiger partial charge in [-0.2, -0.15) is 0 Å². The molecule has 0 amide bonds. The molecule has 2 heteroatoms. The third-order valence-corrected chi connectivity index (χ3v) is 3.35. The van der Waals surface area contributed by atoms with Crippen LogP contribution in [0.5, 0.6) is 0 Å². The van der Waals surface area contributed by atoms with Gasteiger partial charge in [0.25, 0.3) is 0 Å². The zero-order chi connectivity index (χ0) is 13.2. The van der Waals surface area contributed by atoms with Crippen molar-refractivity contribution in [3.05, 3.63) is 67.5 Å². The number of nitrogens with zero attached hydrogens (tertiary/aromatic N) is 1. The van der Waals surface area contributed by atoms with Crippen molar-refractivity contribution >= 4 is 16.5 Å². The van der Waals surface area contributed by atoms with Gasteiger partial charge in [-0.15, -0.1) is 0 Å². The fraction of sp³-hybridized carbons (Fsp3) is 0.0588. The largest absolute Gasteiger partial charge is 0.362 e. The van der Waals surface area contributed by atoms with Gasteiger partial charge in [0, 0.05) is 24.6 Å². The number of anilines is 1. The zero-order valence-electron chi connectivity index (χ0n) is 10.9. The van der Waals surface area contributed by atoms with Gasteiger partial charge in [-0.25, -0.2) is 0 Å². The van der Waals surface area contributed by atoms with E-state index in [-0.39, 0.29) is 0 Å². The Morgan fingerprint density at radius 3 is 2.63 bits per heavy atom. The molecule has 0 atom stereocenters. The number of hydrogen-bond donors (Lipinski definition) is 1. The molecular weight excluding hydrogens is 232 g/mol.